The molecule has 0 unspecified atom stereocenters. The van der Waals surface area contributed by atoms with Crippen LogP contribution in [-0.4, -0.2) is 42.5 Å². The minimum absolute atomic E-state index is 0.0698. The summed E-state index contributed by atoms with van der Waals surface area (Å²) in [6, 6.07) is 0. The molecule has 2 rings (SSSR count). The summed E-state index contributed by atoms with van der Waals surface area (Å²) < 4.78 is 16.3. The predicted octanol–water partition coefficient (Wildman–Crippen LogP) is -0.995. The van der Waals surface area contributed by atoms with Crippen LogP contribution in [-0.2, 0) is 23.8 Å². The molecule has 0 aromatic carbocycles. The highest BCUT2D eigenvalue weighted by atomic mass is 16.8. The fraction of sp³-hybridized carbons (Fsp3) is 0.818. The second kappa shape index (κ2) is 4.36. The Morgan fingerprint density at radius 3 is 2.71 bits per heavy atom. The van der Waals surface area contributed by atoms with Gasteiger partial charge in [0.25, 0.3) is 0 Å². The van der Waals surface area contributed by atoms with Gasteiger partial charge in [0, 0.05) is 18.8 Å². The lowest BCUT2D eigenvalue weighted by Crippen LogP contribution is -2.41. The Balaban J connectivity index is 2.12. The largest absolute Gasteiger partial charge is 0.550 e. The zero-order valence-electron chi connectivity index (χ0n) is 9.80. The molecule has 2 heterocycles. The van der Waals surface area contributed by atoms with Gasteiger partial charge in [-0.1, -0.05) is 0 Å². The fourth-order valence-electron chi connectivity index (χ4n) is 2.24. The number of hydrogen-bond acceptors (Lipinski definition) is 6. The molecule has 0 aromatic heterocycles. The first-order chi connectivity index (χ1) is 7.89. The Bertz CT molecular complexity index is 337. The lowest BCUT2D eigenvalue weighted by molar-refractivity contribution is -0.308. The molecule has 2 aliphatic rings. The van der Waals surface area contributed by atoms with Crippen molar-refractivity contribution >= 4 is 11.8 Å². The Morgan fingerprint density at radius 2 is 2.18 bits per heavy atom. The highest BCUT2D eigenvalue weighted by molar-refractivity contribution is 5.85. The van der Waals surface area contributed by atoms with Gasteiger partial charge in [-0.15, -0.1) is 0 Å². The minimum Gasteiger partial charge on any atom is -0.550 e. The van der Waals surface area contributed by atoms with Crippen LogP contribution in [0.3, 0.4) is 0 Å². The van der Waals surface area contributed by atoms with Crippen LogP contribution in [0.5, 0.6) is 0 Å². The number of ketones is 1. The number of carboxylic acid groups (broad SMARTS) is 1. The first-order valence-electron chi connectivity index (χ1n) is 5.59. The first kappa shape index (κ1) is 12.5. The van der Waals surface area contributed by atoms with Gasteiger partial charge in [-0.25, -0.2) is 0 Å². The Kier molecular flexibility index (Phi) is 3.20. The summed E-state index contributed by atoms with van der Waals surface area (Å²) in [5.74, 6) is -2.21. The standard InChI is InChI=1S/C11H16O6/c1-11(2)16-7(5-8(13)14)10(17-11)9-6(12)3-4-15-9/h7,9-10H,3-5H2,1-2H3,(H,13,14)/p-1/t7-,9+,10-/m1/s1. The molecule has 0 aliphatic carbocycles. The van der Waals surface area contributed by atoms with Gasteiger partial charge in [0.1, 0.15) is 12.2 Å². The van der Waals surface area contributed by atoms with Crippen LogP contribution in [0.1, 0.15) is 26.7 Å². The molecule has 0 N–H and O–H groups in total. The van der Waals surface area contributed by atoms with Gasteiger partial charge in [-0.3, -0.25) is 4.79 Å². The van der Waals surface area contributed by atoms with Crippen LogP contribution < -0.4 is 5.11 Å². The maximum Gasteiger partial charge on any atom is 0.166 e. The number of carboxylic acids is 1. The molecule has 96 valence electrons. The van der Waals surface area contributed by atoms with Crippen molar-refractivity contribution in [2.75, 3.05) is 6.61 Å². The van der Waals surface area contributed by atoms with E-state index in [1.165, 1.54) is 0 Å². The molecule has 17 heavy (non-hydrogen) atoms. The van der Waals surface area contributed by atoms with Gasteiger partial charge in [-0.05, 0) is 13.8 Å². The Morgan fingerprint density at radius 1 is 1.47 bits per heavy atom. The average Bonchev–Trinajstić information content (AvgIpc) is 2.69. The van der Waals surface area contributed by atoms with Crippen molar-refractivity contribution in [2.45, 2.75) is 50.8 Å². The van der Waals surface area contributed by atoms with E-state index in [1.807, 2.05) is 0 Å². The number of Topliss-reactive ketones (excluding diaryl/α,β-unsaturated/α-hetero) is 1. The lowest BCUT2D eigenvalue weighted by atomic mass is 10.0. The smallest absolute Gasteiger partial charge is 0.166 e. The molecule has 0 spiro atoms. The summed E-state index contributed by atoms with van der Waals surface area (Å²) >= 11 is 0. The minimum atomic E-state index is -1.23. The van der Waals surface area contributed by atoms with Crippen LogP contribution >= 0.6 is 0 Å². The van der Waals surface area contributed by atoms with E-state index in [1.54, 1.807) is 13.8 Å². The van der Waals surface area contributed by atoms with E-state index in [2.05, 4.69) is 0 Å². The van der Waals surface area contributed by atoms with Crippen LogP contribution in [0.15, 0.2) is 0 Å². The maximum atomic E-state index is 11.6. The molecule has 3 atom stereocenters. The summed E-state index contributed by atoms with van der Waals surface area (Å²) in [5, 5.41) is 10.6. The van der Waals surface area contributed by atoms with Crippen molar-refractivity contribution < 1.29 is 28.9 Å². The fourth-order valence-corrected chi connectivity index (χ4v) is 2.24. The molecule has 2 aliphatic heterocycles. The normalized spacial score (nSPS) is 36.4. The van der Waals surface area contributed by atoms with Crippen LogP contribution in [0.2, 0.25) is 0 Å². The number of rotatable bonds is 3. The summed E-state index contributed by atoms with van der Waals surface area (Å²) in [4.78, 5) is 22.2. The van der Waals surface area contributed by atoms with Crippen molar-refractivity contribution in [3.8, 4) is 0 Å². The molecule has 0 radical (unpaired) electrons. The number of ether oxygens (including phenoxy) is 3. The summed E-state index contributed by atoms with van der Waals surface area (Å²) in [7, 11) is 0. The van der Waals surface area contributed by atoms with E-state index in [-0.39, 0.29) is 12.2 Å². The van der Waals surface area contributed by atoms with Crippen molar-refractivity contribution in [1.82, 2.24) is 0 Å². The molecule has 6 nitrogen and oxygen atoms in total. The molecular formula is C11H15O6-. The molecule has 0 amide bonds. The average molecular weight is 243 g/mol. The third-order valence-electron chi connectivity index (χ3n) is 2.85. The number of carbonyl (C=O) groups is 2. The molecule has 0 saturated carbocycles. The summed E-state index contributed by atoms with van der Waals surface area (Å²) in [6.45, 7) is 3.70. The van der Waals surface area contributed by atoms with Crippen molar-refractivity contribution in [3.05, 3.63) is 0 Å². The zero-order valence-corrected chi connectivity index (χ0v) is 9.80. The number of aliphatic carboxylic acids is 1. The summed E-state index contributed by atoms with van der Waals surface area (Å²) in [6.07, 6.45) is -2.06. The van der Waals surface area contributed by atoms with Crippen LogP contribution in [0, 0.1) is 0 Å². The van der Waals surface area contributed by atoms with E-state index in [4.69, 9.17) is 14.2 Å². The van der Waals surface area contributed by atoms with Gasteiger partial charge < -0.3 is 24.1 Å². The topological polar surface area (TPSA) is 84.9 Å². The third-order valence-corrected chi connectivity index (χ3v) is 2.85. The quantitative estimate of drug-likeness (QED) is 0.632. The van der Waals surface area contributed by atoms with Gasteiger partial charge in [-0.2, -0.15) is 0 Å². The lowest BCUT2D eigenvalue weighted by Gasteiger charge is -2.21. The highest BCUT2D eigenvalue weighted by Crippen LogP contribution is 2.34. The van der Waals surface area contributed by atoms with E-state index >= 15 is 0 Å². The highest BCUT2D eigenvalue weighted by Gasteiger charge is 2.48. The van der Waals surface area contributed by atoms with Crippen LogP contribution in [0.25, 0.3) is 0 Å². The molecular weight excluding hydrogens is 228 g/mol. The second-order valence-electron chi connectivity index (χ2n) is 4.72. The van der Waals surface area contributed by atoms with E-state index in [9.17, 15) is 14.7 Å². The molecule has 6 heteroatoms. The SMILES string of the molecule is CC1(C)O[C@@H]([C@H]2OCCC2=O)[C@@H](CC(=O)[O-])O1. The van der Waals surface area contributed by atoms with Crippen molar-refractivity contribution in [1.29, 1.82) is 0 Å². The van der Waals surface area contributed by atoms with Crippen LogP contribution in [0.4, 0.5) is 0 Å². The summed E-state index contributed by atoms with van der Waals surface area (Å²) in [5.41, 5.74) is 0. The second-order valence-corrected chi connectivity index (χ2v) is 4.72. The van der Waals surface area contributed by atoms with Gasteiger partial charge in [0.2, 0.25) is 0 Å². The Labute approximate surface area is 98.8 Å². The third kappa shape index (κ3) is 2.65. The van der Waals surface area contributed by atoms with Crippen molar-refractivity contribution in [3.63, 3.8) is 0 Å². The number of hydrogen-bond donors (Lipinski definition) is 0. The molecule has 2 fully saturated rings. The first-order valence-corrected chi connectivity index (χ1v) is 5.59. The van der Waals surface area contributed by atoms with Gasteiger partial charge >= 0.3 is 0 Å². The Hall–Kier alpha value is -0.980. The van der Waals surface area contributed by atoms with Crippen molar-refractivity contribution in [2.24, 2.45) is 0 Å². The monoisotopic (exact) mass is 243 g/mol. The van der Waals surface area contributed by atoms with Gasteiger partial charge in [0.05, 0.1) is 12.7 Å². The van der Waals surface area contributed by atoms with E-state index in [0.29, 0.717) is 13.0 Å². The molecule has 0 bridgehead atoms. The predicted molar refractivity (Wildman–Crippen MR) is 52.8 cm³/mol. The van der Waals surface area contributed by atoms with E-state index < -0.39 is 30.1 Å². The maximum absolute atomic E-state index is 11.6. The molecule has 0 aromatic rings. The number of carbonyl (C=O) groups excluding carboxylic acids is 2. The van der Waals surface area contributed by atoms with Gasteiger partial charge in [0.15, 0.2) is 11.6 Å². The molecule has 2 saturated heterocycles. The van der Waals surface area contributed by atoms with E-state index in [0.717, 1.165) is 0 Å². The zero-order chi connectivity index (χ0) is 12.6.